The zero-order valence-corrected chi connectivity index (χ0v) is 57.5. The van der Waals surface area contributed by atoms with E-state index in [1.54, 1.807) is 21.3 Å². The molecule has 0 atom stereocenters. The van der Waals surface area contributed by atoms with Crippen LogP contribution in [0.2, 0.25) is 65.0 Å². The van der Waals surface area contributed by atoms with Gasteiger partial charge in [-0.2, -0.15) is 0 Å². The first kappa shape index (κ1) is 86.8. The quantitative estimate of drug-likeness (QED) is 0.0428. The largest absolute Gasteiger partial charge is 0.501 e. The van der Waals surface area contributed by atoms with E-state index in [0.717, 1.165) is 32.2 Å². The normalized spacial score (nSPS) is 10.7. The van der Waals surface area contributed by atoms with Gasteiger partial charge in [0.25, 0.3) is 10.0 Å². The van der Waals surface area contributed by atoms with Crippen molar-refractivity contribution < 1.29 is 47.2 Å². The molecular weight excluding hydrogens is 1010 g/mol. The molecule has 74 heavy (non-hydrogen) atoms. The maximum atomic E-state index is 11.8. The second-order valence-corrected chi connectivity index (χ2v) is 39.2. The van der Waals surface area contributed by atoms with Crippen molar-refractivity contribution in [1.82, 2.24) is 10.6 Å². The highest BCUT2D eigenvalue weighted by Crippen LogP contribution is 2.15. The fourth-order valence-corrected chi connectivity index (χ4v) is 11.7. The number of amides is 2. The highest BCUT2D eigenvalue weighted by Gasteiger charge is 2.37. The standard InChI is InChI=1S/C19H40.C17H36N2O5Si.C6H20O2Si3.C6H14O.C6H6.C3H10Si.2H2O/c1-3-5-7-9-11-13-15-17-19-18-16-14-12-10-8-6-4-2;1-5-6-7-10-13-18-16(20)11-8-9-12-17(21)19-14-15-25(22-2,23-3)24-4;1-10(2,3)7-9-8-11(4,5)6;1-2-3-4-5-6-7;1-2-4-6-5-3-1;1-4(2)3;;/h3-19H2,1-2H3;5-15H2,1-4H3,(H,18,20)(H,19,21);9H2,1-6H3;7H,2-6H2,1H3;1-6H;4H,1-3H3;2*1H2. The summed E-state index contributed by atoms with van der Waals surface area (Å²) >= 11 is 0. The molecular formula is C57H130N2O10Si5. The lowest BCUT2D eigenvalue weighted by atomic mass is 10.0. The molecule has 0 aromatic heterocycles. The van der Waals surface area contributed by atoms with Crippen LogP contribution in [0, 0.1) is 0 Å². The number of carbonyl (C=O) groups is 2. The van der Waals surface area contributed by atoms with Crippen LogP contribution in [0.4, 0.5) is 0 Å². The summed E-state index contributed by atoms with van der Waals surface area (Å²) in [6, 6.07) is 12.5. The van der Waals surface area contributed by atoms with Crippen LogP contribution in [-0.4, -0.2) is 113 Å². The summed E-state index contributed by atoms with van der Waals surface area (Å²) in [5.74, 6) is 0.0548. The Morgan fingerprint density at radius 2 is 0.703 bits per heavy atom. The van der Waals surface area contributed by atoms with Crippen LogP contribution in [0.25, 0.3) is 0 Å². The smallest absolute Gasteiger partial charge is 0.441 e. The third-order valence-corrected chi connectivity index (χ3v) is 21.6. The lowest BCUT2D eigenvalue weighted by Crippen LogP contribution is -2.45. The second-order valence-electron chi connectivity index (χ2n) is 21.6. The van der Waals surface area contributed by atoms with E-state index in [-0.39, 0.29) is 31.6 Å². The minimum absolute atomic E-state index is 0. The van der Waals surface area contributed by atoms with Crippen molar-refractivity contribution in [3.63, 3.8) is 0 Å². The summed E-state index contributed by atoms with van der Waals surface area (Å²) in [5.41, 5.74) is 0. The van der Waals surface area contributed by atoms with Crippen LogP contribution in [0.15, 0.2) is 36.4 Å². The van der Waals surface area contributed by atoms with Gasteiger partial charge in [-0.1, -0.05) is 231 Å². The van der Waals surface area contributed by atoms with Gasteiger partial charge in [0.2, 0.25) is 11.8 Å². The van der Waals surface area contributed by atoms with Gasteiger partial charge in [0.05, 0.1) is 0 Å². The third kappa shape index (κ3) is 87.6. The Hall–Kier alpha value is -1.08. The van der Waals surface area contributed by atoms with Crippen LogP contribution in [0.3, 0.4) is 0 Å². The van der Waals surface area contributed by atoms with Gasteiger partial charge >= 0.3 is 8.80 Å². The number of carbonyl (C=O) groups excluding carboxylic acids is 2. The molecule has 1 aromatic carbocycles. The third-order valence-electron chi connectivity index (χ3n) is 11.0. The molecule has 0 radical (unpaired) electrons. The zero-order valence-electron chi connectivity index (χ0n) is 51.9. The minimum atomic E-state index is -2.63. The molecule has 1 rings (SSSR count). The Morgan fingerprint density at radius 3 is 0.959 bits per heavy atom. The number of aliphatic hydroxyl groups excluding tert-OH is 1. The van der Waals surface area contributed by atoms with Crippen molar-refractivity contribution in [2.24, 2.45) is 0 Å². The molecule has 0 aliphatic heterocycles. The average molecular weight is 1140 g/mol. The second kappa shape index (κ2) is 68.0. The Morgan fingerprint density at radius 1 is 0.446 bits per heavy atom. The van der Waals surface area contributed by atoms with E-state index in [9.17, 15) is 9.59 Å². The lowest BCUT2D eigenvalue weighted by Gasteiger charge is -2.24. The van der Waals surface area contributed by atoms with Crippen LogP contribution < -0.4 is 10.6 Å². The van der Waals surface area contributed by atoms with Crippen molar-refractivity contribution in [3.05, 3.63) is 36.4 Å². The maximum Gasteiger partial charge on any atom is 0.501 e. The Kier molecular flexibility index (Phi) is 79.8. The summed E-state index contributed by atoms with van der Waals surface area (Å²) in [7, 11) is -1.38. The van der Waals surface area contributed by atoms with Gasteiger partial charge in [0, 0.05) is 68.7 Å². The monoisotopic (exact) mass is 1140 g/mol. The molecule has 0 unspecified atom stereocenters. The first-order valence-electron chi connectivity index (χ1n) is 29.4. The van der Waals surface area contributed by atoms with Crippen LogP contribution in [0.1, 0.15) is 214 Å². The van der Waals surface area contributed by atoms with Gasteiger partial charge < -0.3 is 48.2 Å². The zero-order chi connectivity index (χ0) is 55.5. The fourth-order valence-electron chi connectivity index (χ4n) is 6.54. The van der Waals surface area contributed by atoms with Crippen molar-refractivity contribution in [3.8, 4) is 0 Å². The van der Waals surface area contributed by atoms with E-state index in [0.29, 0.717) is 38.5 Å². The molecule has 0 saturated carbocycles. The highest BCUT2D eigenvalue weighted by molar-refractivity contribution is 6.77. The summed E-state index contributed by atoms with van der Waals surface area (Å²) in [6.45, 7) is 30.6. The predicted molar refractivity (Wildman–Crippen MR) is 337 cm³/mol. The molecule has 12 nitrogen and oxygen atoms in total. The van der Waals surface area contributed by atoms with Crippen molar-refractivity contribution in [2.45, 2.75) is 279 Å². The highest BCUT2D eigenvalue weighted by atomic mass is 28.4. The first-order valence-corrected chi connectivity index (χ1v) is 42.7. The van der Waals surface area contributed by atoms with E-state index < -0.39 is 35.4 Å². The van der Waals surface area contributed by atoms with Crippen molar-refractivity contribution >= 4 is 56.1 Å². The van der Waals surface area contributed by atoms with Crippen LogP contribution in [-0.2, 0) is 31.1 Å². The molecule has 7 N–H and O–H groups in total. The number of unbranched alkanes of at least 4 members (excludes halogenated alkanes) is 23. The topological polar surface area (TPSA) is 188 Å². The Labute approximate surface area is 467 Å². The average Bonchev–Trinajstić information content (AvgIpc) is 3.33. The molecule has 0 heterocycles. The van der Waals surface area contributed by atoms with Gasteiger partial charge in [-0.05, 0) is 65.0 Å². The summed E-state index contributed by atoms with van der Waals surface area (Å²) in [6.07, 6.45) is 36.5. The van der Waals surface area contributed by atoms with Crippen molar-refractivity contribution in [2.75, 3.05) is 41.0 Å². The predicted octanol–water partition coefficient (Wildman–Crippen LogP) is 14.3. The molecule has 0 spiro atoms. The van der Waals surface area contributed by atoms with Gasteiger partial charge in [-0.15, -0.1) is 0 Å². The van der Waals surface area contributed by atoms with Gasteiger partial charge in [-0.25, -0.2) is 0 Å². The van der Waals surface area contributed by atoms with Crippen molar-refractivity contribution in [1.29, 1.82) is 0 Å². The molecule has 0 fully saturated rings. The number of hydrogen-bond acceptors (Lipinski definition) is 8. The lowest BCUT2D eigenvalue weighted by molar-refractivity contribution is -0.123. The van der Waals surface area contributed by atoms with Gasteiger partial charge in [0.15, 0.2) is 16.6 Å². The van der Waals surface area contributed by atoms with Gasteiger partial charge in [0.1, 0.15) is 0 Å². The SMILES string of the molecule is CCCCCCCCCCCCCCCCCCC.CCCCCCNC(=O)CCCCC(=O)NCC[Si](OC)(OC)OC.CCCCCCO.C[SiH](C)C.C[Si](C)(C)O[SiH2]O[Si](C)(C)C.O.O.c1ccccc1. The van der Waals surface area contributed by atoms with E-state index in [1.807, 2.05) is 36.4 Å². The summed E-state index contributed by atoms with van der Waals surface area (Å²) < 4.78 is 27.3. The van der Waals surface area contributed by atoms with Crippen LogP contribution >= 0.6 is 0 Å². The Bertz CT molecular complexity index is 1110. The van der Waals surface area contributed by atoms with E-state index in [1.165, 1.54) is 141 Å². The Balaban J connectivity index is -0.000000160. The van der Waals surface area contributed by atoms with E-state index in [4.69, 9.17) is 26.6 Å². The number of nitrogens with one attached hydrogen (secondary N) is 2. The molecule has 2 amide bonds. The molecule has 0 saturated heterocycles. The van der Waals surface area contributed by atoms with E-state index >= 15 is 0 Å². The number of benzene rings is 1. The summed E-state index contributed by atoms with van der Waals surface area (Å²) in [4.78, 5) is 23.4. The number of aliphatic hydroxyl groups is 1. The molecule has 0 bridgehead atoms. The van der Waals surface area contributed by atoms with Crippen LogP contribution in [0.5, 0.6) is 0 Å². The summed E-state index contributed by atoms with van der Waals surface area (Å²) in [5, 5.41) is 14.1. The van der Waals surface area contributed by atoms with Gasteiger partial charge in [-0.3, -0.25) is 9.59 Å². The minimum Gasteiger partial charge on any atom is -0.441 e. The molecule has 0 aliphatic rings. The van der Waals surface area contributed by atoms with E-state index in [2.05, 4.69) is 97.3 Å². The maximum absolute atomic E-state index is 11.8. The number of hydrogen-bond donors (Lipinski definition) is 3. The first-order chi connectivity index (χ1) is 34.3. The number of rotatable bonds is 40. The molecule has 448 valence electrons. The molecule has 0 aliphatic carbocycles. The molecule has 1 aromatic rings. The molecule has 17 heteroatoms. The fraction of sp³-hybridized carbons (Fsp3) is 0.860.